The first-order valence-corrected chi connectivity index (χ1v) is 7.71. The lowest BCUT2D eigenvalue weighted by Gasteiger charge is -2.09. The highest BCUT2D eigenvalue weighted by Crippen LogP contribution is 2.19. The second kappa shape index (κ2) is 5.66. The summed E-state index contributed by atoms with van der Waals surface area (Å²) in [6, 6.07) is 12.8. The zero-order valence-electron chi connectivity index (χ0n) is 11.7. The summed E-state index contributed by atoms with van der Waals surface area (Å²) >= 11 is 1.54. The molecular formula is C17H15NO2S. The number of benzene rings is 1. The van der Waals surface area contributed by atoms with E-state index in [2.05, 4.69) is 6.92 Å². The van der Waals surface area contributed by atoms with E-state index in [9.17, 15) is 9.59 Å². The molecule has 0 amide bonds. The number of aryl methyl sites for hydroxylation is 1. The Morgan fingerprint density at radius 1 is 1.14 bits per heavy atom. The summed E-state index contributed by atoms with van der Waals surface area (Å²) < 4.78 is 1.84. The molecule has 0 aliphatic carbocycles. The monoisotopic (exact) mass is 297 g/mol. The van der Waals surface area contributed by atoms with Crippen molar-refractivity contribution in [3.05, 3.63) is 68.6 Å². The van der Waals surface area contributed by atoms with E-state index in [0.29, 0.717) is 5.39 Å². The first kappa shape index (κ1) is 13.8. The number of hydrogen-bond acceptors (Lipinski definition) is 3. The van der Waals surface area contributed by atoms with Crippen LogP contribution in [0, 0.1) is 0 Å². The minimum Gasteiger partial charge on any atom is -0.339 e. The molecule has 0 N–H and O–H groups in total. The van der Waals surface area contributed by atoms with Gasteiger partial charge in [-0.05, 0) is 30.7 Å². The number of thiophene rings is 1. The van der Waals surface area contributed by atoms with Crippen LogP contribution in [0.2, 0.25) is 0 Å². The predicted molar refractivity (Wildman–Crippen MR) is 86.2 cm³/mol. The third kappa shape index (κ3) is 2.67. The number of Topliss-reactive ketones (excluding diaryl/α,β-unsaturated/α-hetero) is 1. The van der Waals surface area contributed by atoms with Crippen LogP contribution in [0.15, 0.2) is 53.5 Å². The van der Waals surface area contributed by atoms with Gasteiger partial charge in [-0.3, -0.25) is 9.59 Å². The minimum absolute atomic E-state index is 0.0151. The van der Waals surface area contributed by atoms with Gasteiger partial charge in [-0.1, -0.05) is 19.1 Å². The van der Waals surface area contributed by atoms with Crippen molar-refractivity contribution in [2.75, 3.05) is 0 Å². The van der Waals surface area contributed by atoms with E-state index >= 15 is 0 Å². The van der Waals surface area contributed by atoms with Crippen LogP contribution in [-0.2, 0) is 13.0 Å². The largest absolute Gasteiger partial charge is 0.339 e. The van der Waals surface area contributed by atoms with Crippen molar-refractivity contribution in [3.8, 4) is 0 Å². The Labute approximate surface area is 126 Å². The topological polar surface area (TPSA) is 39.1 Å². The van der Waals surface area contributed by atoms with E-state index in [4.69, 9.17) is 0 Å². The quantitative estimate of drug-likeness (QED) is 0.691. The van der Waals surface area contributed by atoms with Gasteiger partial charge in [0, 0.05) is 22.5 Å². The Hall–Kier alpha value is -2.20. The number of pyridine rings is 1. The van der Waals surface area contributed by atoms with Crippen molar-refractivity contribution in [3.63, 3.8) is 0 Å². The van der Waals surface area contributed by atoms with E-state index < -0.39 is 0 Å². The number of aromatic nitrogens is 1. The molecule has 106 valence electrons. The summed E-state index contributed by atoms with van der Waals surface area (Å²) in [6.45, 7) is 2.33. The maximum absolute atomic E-state index is 12.4. The third-order valence-electron chi connectivity index (χ3n) is 3.48. The average molecular weight is 297 g/mol. The van der Waals surface area contributed by atoms with Gasteiger partial charge in [0.05, 0.1) is 16.9 Å². The predicted octanol–water partition coefficient (Wildman–Crippen LogP) is 3.51. The number of fused-ring (bicyclic) bond motifs is 1. The molecule has 0 fully saturated rings. The van der Waals surface area contributed by atoms with Gasteiger partial charge in [0.1, 0.15) is 0 Å². The Balaban J connectivity index is 1.96. The Morgan fingerprint density at radius 3 is 2.71 bits per heavy atom. The lowest BCUT2D eigenvalue weighted by molar-refractivity contribution is 0.0977. The second-order valence-corrected chi connectivity index (χ2v) is 6.04. The molecule has 21 heavy (non-hydrogen) atoms. The minimum atomic E-state index is -0.0151. The maximum atomic E-state index is 12.4. The summed E-state index contributed by atoms with van der Waals surface area (Å²) in [5.41, 5.74) is 0.782. The van der Waals surface area contributed by atoms with E-state index in [1.54, 1.807) is 23.6 Å². The van der Waals surface area contributed by atoms with Gasteiger partial charge in [0.25, 0.3) is 0 Å². The van der Waals surface area contributed by atoms with Gasteiger partial charge in [0.2, 0.25) is 0 Å². The molecule has 0 radical (unpaired) electrons. The van der Waals surface area contributed by atoms with Gasteiger partial charge >= 0.3 is 0 Å². The van der Waals surface area contributed by atoms with Crippen molar-refractivity contribution >= 4 is 28.0 Å². The zero-order valence-corrected chi connectivity index (χ0v) is 12.5. The van der Waals surface area contributed by atoms with E-state index in [1.165, 1.54) is 10.9 Å². The van der Waals surface area contributed by atoms with Crippen LogP contribution in [0.4, 0.5) is 0 Å². The molecule has 0 unspecified atom stereocenters. The van der Waals surface area contributed by atoms with Crippen LogP contribution in [0.3, 0.4) is 0 Å². The number of nitrogens with zero attached hydrogens (tertiary/aromatic N) is 1. The van der Waals surface area contributed by atoms with Crippen molar-refractivity contribution in [1.29, 1.82) is 0 Å². The molecule has 0 atom stereocenters. The number of carbonyl (C=O) groups excluding carboxylic acids is 1. The summed E-state index contributed by atoms with van der Waals surface area (Å²) in [5.74, 6) is 0.0773. The van der Waals surface area contributed by atoms with Crippen LogP contribution in [0.25, 0.3) is 10.9 Å². The highest BCUT2D eigenvalue weighted by Gasteiger charge is 2.11. The number of ketones is 1. The van der Waals surface area contributed by atoms with Crippen LogP contribution < -0.4 is 5.43 Å². The Kier molecular flexibility index (Phi) is 3.71. The molecule has 2 heterocycles. The van der Waals surface area contributed by atoms with Gasteiger partial charge in [0.15, 0.2) is 11.2 Å². The fourth-order valence-electron chi connectivity index (χ4n) is 2.35. The molecule has 0 spiro atoms. The lowest BCUT2D eigenvalue weighted by Crippen LogP contribution is -2.13. The van der Waals surface area contributed by atoms with Gasteiger partial charge in [-0.25, -0.2) is 0 Å². The van der Waals surface area contributed by atoms with E-state index in [1.807, 2.05) is 34.9 Å². The molecule has 2 aromatic heterocycles. The summed E-state index contributed by atoms with van der Waals surface area (Å²) in [5, 5.41) is 0.647. The fourth-order valence-corrected chi connectivity index (χ4v) is 3.23. The molecule has 0 bridgehead atoms. The van der Waals surface area contributed by atoms with E-state index in [0.717, 1.165) is 16.8 Å². The SMILES string of the molecule is CCc1ccc(C(=O)Cn2ccc(=O)c3ccccc32)s1. The highest BCUT2D eigenvalue weighted by atomic mass is 32.1. The van der Waals surface area contributed by atoms with Crippen LogP contribution in [-0.4, -0.2) is 10.4 Å². The molecule has 4 heteroatoms. The van der Waals surface area contributed by atoms with Crippen LogP contribution in [0.5, 0.6) is 0 Å². The number of para-hydroxylation sites is 1. The molecule has 0 saturated heterocycles. The van der Waals surface area contributed by atoms with Crippen molar-refractivity contribution in [2.45, 2.75) is 19.9 Å². The number of rotatable bonds is 4. The van der Waals surface area contributed by atoms with Gasteiger partial charge in [-0.2, -0.15) is 0 Å². The molecule has 0 aliphatic rings. The standard InChI is InChI=1S/C17H15NO2S/c1-2-12-7-8-17(21-12)16(20)11-18-10-9-15(19)13-5-3-4-6-14(13)18/h3-10H,2,11H2,1H3. The average Bonchev–Trinajstić information content (AvgIpc) is 2.99. The van der Waals surface area contributed by atoms with Crippen LogP contribution in [0.1, 0.15) is 21.5 Å². The second-order valence-electron chi connectivity index (χ2n) is 4.87. The third-order valence-corrected chi connectivity index (χ3v) is 4.75. The lowest BCUT2D eigenvalue weighted by atomic mass is 10.2. The fraction of sp³-hybridized carbons (Fsp3) is 0.176. The number of carbonyl (C=O) groups is 1. The maximum Gasteiger partial charge on any atom is 0.192 e. The zero-order chi connectivity index (χ0) is 14.8. The summed E-state index contributed by atoms with van der Waals surface area (Å²) in [6.07, 6.45) is 2.63. The van der Waals surface area contributed by atoms with Crippen molar-refractivity contribution in [2.24, 2.45) is 0 Å². The Bertz CT molecular complexity index is 860. The number of hydrogen-bond donors (Lipinski definition) is 0. The molecule has 3 nitrogen and oxygen atoms in total. The molecular weight excluding hydrogens is 282 g/mol. The molecule has 0 aliphatic heterocycles. The van der Waals surface area contributed by atoms with Crippen LogP contribution >= 0.6 is 11.3 Å². The summed E-state index contributed by atoms with van der Waals surface area (Å²) in [7, 11) is 0. The molecule has 0 saturated carbocycles. The Morgan fingerprint density at radius 2 is 1.95 bits per heavy atom. The summed E-state index contributed by atoms with van der Waals surface area (Å²) in [4.78, 5) is 26.2. The first-order valence-electron chi connectivity index (χ1n) is 6.89. The van der Waals surface area contributed by atoms with Gasteiger partial charge < -0.3 is 4.57 Å². The van der Waals surface area contributed by atoms with Gasteiger partial charge in [-0.15, -0.1) is 11.3 Å². The van der Waals surface area contributed by atoms with Crippen molar-refractivity contribution in [1.82, 2.24) is 4.57 Å². The highest BCUT2D eigenvalue weighted by molar-refractivity contribution is 7.14. The smallest absolute Gasteiger partial charge is 0.192 e. The first-order chi connectivity index (χ1) is 10.2. The van der Waals surface area contributed by atoms with E-state index in [-0.39, 0.29) is 17.8 Å². The molecule has 3 aromatic rings. The molecule has 3 rings (SSSR count). The normalized spacial score (nSPS) is 10.9. The van der Waals surface area contributed by atoms with Crippen molar-refractivity contribution < 1.29 is 4.79 Å². The molecule has 1 aromatic carbocycles.